The second-order valence-corrected chi connectivity index (χ2v) is 5.91. The van der Waals surface area contributed by atoms with Crippen LogP contribution in [0.5, 0.6) is 0 Å². The lowest BCUT2D eigenvalue weighted by Crippen LogP contribution is -2.02. The molecular weight excluding hydrogens is 308 g/mol. The molecule has 3 N–H and O–H groups in total. The number of benzene rings is 3. The van der Waals surface area contributed by atoms with Gasteiger partial charge in [0.2, 0.25) is 0 Å². The van der Waals surface area contributed by atoms with E-state index in [-0.39, 0.29) is 5.56 Å². The lowest BCUT2D eigenvalue weighted by molar-refractivity contribution is 0.0698. The molecule has 0 amide bonds. The summed E-state index contributed by atoms with van der Waals surface area (Å²) in [4.78, 5) is 12.5. The third-order valence-corrected chi connectivity index (χ3v) is 4.33. The van der Waals surface area contributed by atoms with Crippen LogP contribution in [0.15, 0.2) is 65.6 Å². The minimum absolute atomic E-state index is 0.265. The third-order valence-electron chi connectivity index (χ3n) is 3.52. The van der Waals surface area contributed by atoms with Crippen molar-refractivity contribution in [2.75, 3.05) is 17.1 Å². The minimum atomic E-state index is -0.942. The molecule has 0 aliphatic carbocycles. The van der Waals surface area contributed by atoms with E-state index in [9.17, 15) is 9.90 Å². The van der Waals surface area contributed by atoms with Gasteiger partial charge in [0, 0.05) is 17.6 Å². The van der Waals surface area contributed by atoms with Gasteiger partial charge in [0.25, 0.3) is 0 Å². The van der Waals surface area contributed by atoms with Gasteiger partial charge < -0.3 is 15.1 Å². The molecule has 3 rings (SSSR count). The summed E-state index contributed by atoms with van der Waals surface area (Å²) in [6.45, 7) is 0. The summed E-state index contributed by atoms with van der Waals surface area (Å²) in [5.74, 6) is -0.942. The number of hydrogen-bond donors (Lipinski definition) is 3. The fourth-order valence-electron chi connectivity index (χ4n) is 2.33. The second kappa shape index (κ2) is 6.62. The van der Waals surface area contributed by atoms with Crippen molar-refractivity contribution in [3.8, 4) is 0 Å². The van der Waals surface area contributed by atoms with Crippen molar-refractivity contribution < 1.29 is 9.90 Å². The lowest BCUT2D eigenvalue weighted by Gasteiger charge is -2.11. The van der Waals surface area contributed by atoms with E-state index < -0.39 is 5.97 Å². The van der Waals surface area contributed by atoms with Gasteiger partial charge in [0.05, 0.1) is 11.3 Å². The van der Waals surface area contributed by atoms with Crippen LogP contribution in [0, 0.1) is 0 Å². The number of carbonyl (C=O) groups is 1. The van der Waals surface area contributed by atoms with Crippen LogP contribution in [-0.2, 0) is 0 Å². The standard InChI is InChI=1S/C18H16N2O2S/c1-19-14-7-4-8-15(11-14)23-20-17-10-13-6-3-2-5-12(13)9-16(17)18(21)22/h2-11,19-20H,1H3,(H,21,22). The monoisotopic (exact) mass is 324 g/mol. The maximum Gasteiger partial charge on any atom is 0.337 e. The van der Waals surface area contributed by atoms with Crippen LogP contribution in [0.3, 0.4) is 0 Å². The van der Waals surface area contributed by atoms with Crippen molar-refractivity contribution in [2.24, 2.45) is 0 Å². The van der Waals surface area contributed by atoms with Gasteiger partial charge in [-0.25, -0.2) is 4.79 Å². The largest absolute Gasteiger partial charge is 0.478 e. The van der Waals surface area contributed by atoms with Crippen LogP contribution >= 0.6 is 11.9 Å². The van der Waals surface area contributed by atoms with Crippen LogP contribution < -0.4 is 10.0 Å². The Hall–Kier alpha value is -2.66. The van der Waals surface area contributed by atoms with Gasteiger partial charge >= 0.3 is 5.97 Å². The summed E-state index contributed by atoms with van der Waals surface area (Å²) >= 11 is 1.39. The first kappa shape index (κ1) is 15.2. The lowest BCUT2D eigenvalue weighted by atomic mass is 10.1. The van der Waals surface area contributed by atoms with E-state index >= 15 is 0 Å². The molecule has 0 spiro atoms. The molecule has 0 aromatic heterocycles. The Morgan fingerprint density at radius 3 is 2.43 bits per heavy atom. The van der Waals surface area contributed by atoms with Crippen LogP contribution in [0.25, 0.3) is 10.8 Å². The number of rotatable bonds is 5. The topological polar surface area (TPSA) is 61.4 Å². The van der Waals surface area contributed by atoms with Crippen LogP contribution in [0.2, 0.25) is 0 Å². The molecule has 0 atom stereocenters. The smallest absolute Gasteiger partial charge is 0.337 e. The van der Waals surface area contributed by atoms with Crippen LogP contribution in [0.1, 0.15) is 10.4 Å². The van der Waals surface area contributed by atoms with Gasteiger partial charge in [-0.05, 0) is 53.1 Å². The average Bonchev–Trinajstić information content (AvgIpc) is 2.59. The predicted molar refractivity (Wildman–Crippen MR) is 96.4 cm³/mol. The molecule has 0 aliphatic rings. The molecule has 5 heteroatoms. The van der Waals surface area contributed by atoms with E-state index in [0.29, 0.717) is 5.69 Å². The van der Waals surface area contributed by atoms with E-state index in [1.165, 1.54) is 11.9 Å². The van der Waals surface area contributed by atoms with Gasteiger partial charge in [0.15, 0.2) is 0 Å². The van der Waals surface area contributed by atoms with E-state index in [2.05, 4.69) is 10.0 Å². The predicted octanol–water partition coefficient (Wildman–Crippen LogP) is 4.70. The molecule has 0 bridgehead atoms. The van der Waals surface area contributed by atoms with Crippen molar-refractivity contribution in [3.63, 3.8) is 0 Å². The number of carboxylic acid groups (broad SMARTS) is 1. The van der Waals surface area contributed by atoms with Crippen molar-refractivity contribution in [1.29, 1.82) is 0 Å². The summed E-state index contributed by atoms with van der Waals surface area (Å²) in [6, 6.07) is 19.2. The number of nitrogens with one attached hydrogen (secondary N) is 2. The molecule has 116 valence electrons. The Balaban J connectivity index is 1.91. The zero-order valence-corrected chi connectivity index (χ0v) is 13.4. The molecule has 4 nitrogen and oxygen atoms in total. The molecule has 0 aliphatic heterocycles. The molecule has 0 saturated heterocycles. The number of carboxylic acids is 1. The number of anilines is 2. The number of fused-ring (bicyclic) bond motifs is 1. The summed E-state index contributed by atoms with van der Waals surface area (Å²) in [6.07, 6.45) is 0. The van der Waals surface area contributed by atoms with E-state index in [4.69, 9.17) is 0 Å². The highest BCUT2D eigenvalue weighted by atomic mass is 32.2. The van der Waals surface area contributed by atoms with Crippen LogP contribution in [0.4, 0.5) is 11.4 Å². The van der Waals surface area contributed by atoms with Gasteiger partial charge in [-0.2, -0.15) is 0 Å². The minimum Gasteiger partial charge on any atom is -0.478 e. The average molecular weight is 324 g/mol. The molecule has 0 radical (unpaired) electrons. The van der Waals surface area contributed by atoms with Crippen molar-refractivity contribution in [1.82, 2.24) is 0 Å². The van der Waals surface area contributed by atoms with Gasteiger partial charge in [-0.1, -0.05) is 30.3 Å². The SMILES string of the molecule is CNc1cccc(SNc2cc3ccccc3cc2C(=O)O)c1. The molecule has 0 heterocycles. The van der Waals surface area contributed by atoms with Crippen molar-refractivity contribution >= 4 is 40.1 Å². The highest BCUT2D eigenvalue weighted by Gasteiger charge is 2.12. The van der Waals surface area contributed by atoms with Crippen molar-refractivity contribution in [3.05, 3.63) is 66.2 Å². The normalized spacial score (nSPS) is 10.5. The summed E-state index contributed by atoms with van der Waals surface area (Å²) in [5.41, 5.74) is 1.87. The van der Waals surface area contributed by atoms with E-state index in [1.807, 2.05) is 61.6 Å². The molecule has 0 unspecified atom stereocenters. The van der Waals surface area contributed by atoms with Gasteiger partial charge in [0.1, 0.15) is 0 Å². The summed E-state index contributed by atoms with van der Waals surface area (Å²) < 4.78 is 3.16. The molecule has 0 saturated carbocycles. The molecule has 23 heavy (non-hydrogen) atoms. The maximum atomic E-state index is 11.5. The third kappa shape index (κ3) is 3.40. The van der Waals surface area contributed by atoms with Gasteiger partial charge in [-0.15, -0.1) is 0 Å². The Bertz CT molecular complexity index is 865. The number of aromatic carboxylic acids is 1. The highest BCUT2D eigenvalue weighted by Crippen LogP contribution is 2.29. The Morgan fingerprint density at radius 2 is 1.74 bits per heavy atom. The quantitative estimate of drug-likeness (QED) is 0.594. The first-order chi connectivity index (χ1) is 11.2. The fraction of sp³-hybridized carbons (Fsp3) is 0.0556. The van der Waals surface area contributed by atoms with E-state index in [0.717, 1.165) is 21.4 Å². The van der Waals surface area contributed by atoms with Crippen LogP contribution in [-0.4, -0.2) is 18.1 Å². The molecule has 0 fully saturated rings. The second-order valence-electron chi connectivity index (χ2n) is 5.03. The zero-order valence-electron chi connectivity index (χ0n) is 12.5. The summed E-state index contributed by atoms with van der Waals surface area (Å²) in [7, 11) is 1.86. The zero-order chi connectivity index (χ0) is 16.2. The number of hydrogen-bond acceptors (Lipinski definition) is 4. The Kier molecular flexibility index (Phi) is 4.39. The summed E-state index contributed by atoms with van der Waals surface area (Å²) in [5, 5.41) is 14.4. The molecular formula is C18H16N2O2S. The first-order valence-corrected chi connectivity index (χ1v) is 7.96. The van der Waals surface area contributed by atoms with Crippen molar-refractivity contribution in [2.45, 2.75) is 4.90 Å². The Labute approximate surface area is 138 Å². The molecule has 3 aromatic carbocycles. The highest BCUT2D eigenvalue weighted by molar-refractivity contribution is 8.00. The molecule has 3 aromatic rings. The van der Waals surface area contributed by atoms with Gasteiger partial charge in [-0.3, -0.25) is 0 Å². The Morgan fingerprint density at radius 1 is 1.00 bits per heavy atom. The maximum absolute atomic E-state index is 11.5. The van der Waals surface area contributed by atoms with E-state index in [1.54, 1.807) is 6.07 Å². The first-order valence-electron chi connectivity index (χ1n) is 7.14. The fourth-order valence-corrected chi connectivity index (χ4v) is 3.06.